The van der Waals surface area contributed by atoms with Crippen LogP contribution < -0.4 is 5.32 Å². The van der Waals surface area contributed by atoms with Gasteiger partial charge in [0.25, 0.3) is 0 Å². The van der Waals surface area contributed by atoms with E-state index in [9.17, 15) is 14.4 Å². The number of nitrogens with zero attached hydrogens (tertiary/aromatic N) is 2. The molecule has 1 rings (SSSR count). The first kappa shape index (κ1) is 18.5. The minimum Gasteiger partial charge on any atom is -0.350 e. The molecule has 0 saturated carbocycles. The third kappa shape index (κ3) is 5.66. The van der Waals surface area contributed by atoms with Gasteiger partial charge in [0.05, 0.1) is 12.5 Å². The molecular formula is C16H29N3O3. The molecule has 22 heavy (non-hydrogen) atoms. The molecule has 1 saturated heterocycles. The van der Waals surface area contributed by atoms with E-state index in [0.29, 0.717) is 13.0 Å². The number of carbonyl (C=O) groups is 3. The zero-order valence-corrected chi connectivity index (χ0v) is 14.4. The Kier molecular flexibility index (Phi) is 6.38. The number of nitrogens with one attached hydrogen (secondary N) is 1. The zero-order chi connectivity index (χ0) is 16.9. The molecule has 1 heterocycles. The first-order valence-corrected chi connectivity index (χ1v) is 7.97. The number of amides is 3. The third-order valence-electron chi connectivity index (χ3n) is 3.70. The number of rotatable bonds is 4. The van der Waals surface area contributed by atoms with Crippen molar-refractivity contribution >= 4 is 17.7 Å². The molecule has 3 amide bonds. The Balaban J connectivity index is 2.55. The molecule has 0 spiro atoms. The molecule has 6 nitrogen and oxygen atoms in total. The van der Waals surface area contributed by atoms with Crippen molar-refractivity contribution in [1.29, 1.82) is 0 Å². The Labute approximate surface area is 133 Å². The molecule has 1 fully saturated rings. The van der Waals surface area contributed by atoms with Crippen LogP contribution in [-0.4, -0.2) is 59.7 Å². The highest BCUT2D eigenvalue weighted by Crippen LogP contribution is 2.19. The van der Waals surface area contributed by atoms with Gasteiger partial charge in [-0.1, -0.05) is 6.92 Å². The summed E-state index contributed by atoms with van der Waals surface area (Å²) in [6, 6.07) is 0. The number of piperidine rings is 1. The van der Waals surface area contributed by atoms with E-state index in [0.717, 1.165) is 19.4 Å². The molecule has 1 aliphatic rings. The molecule has 0 aromatic heterocycles. The van der Waals surface area contributed by atoms with Crippen molar-refractivity contribution in [2.75, 3.05) is 26.7 Å². The Morgan fingerprint density at radius 1 is 1.27 bits per heavy atom. The summed E-state index contributed by atoms with van der Waals surface area (Å²) < 4.78 is 0. The van der Waals surface area contributed by atoms with Crippen molar-refractivity contribution in [3.05, 3.63) is 0 Å². The SMILES string of the molecule is CCC(=O)N1CCCC(C(=O)N(C)CC(=O)NC(C)(C)C)C1. The second kappa shape index (κ2) is 7.61. The Morgan fingerprint density at radius 3 is 2.45 bits per heavy atom. The standard InChI is InChI=1S/C16H29N3O3/c1-6-14(21)19-9-7-8-12(10-19)15(22)18(5)11-13(20)17-16(2,3)4/h12H,6-11H2,1-5H3,(H,17,20). The Bertz CT molecular complexity index is 429. The molecule has 1 N–H and O–H groups in total. The molecular weight excluding hydrogens is 282 g/mol. The predicted molar refractivity (Wildman–Crippen MR) is 85.1 cm³/mol. The second-order valence-electron chi connectivity index (χ2n) is 7.02. The molecule has 0 aliphatic carbocycles. The highest BCUT2D eigenvalue weighted by Gasteiger charge is 2.30. The topological polar surface area (TPSA) is 69.7 Å². The lowest BCUT2D eigenvalue weighted by Crippen LogP contribution is -2.49. The lowest BCUT2D eigenvalue weighted by molar-refractivity contribution is -0.142. The molecule has 1 atom stereocenters. The van der Waals surface area contributed by atoms with Crippen LogP contribution in [0.25, 0.3) is 0 Å². The Hall–Kier alpha value is -1.59. The summed E-state index contributed by atoms with van der Waals surface area (Å²) in [6.45, 7) is 8.79. The average Bonchev–Trinajstić information content (AvgIpc) is 2.43. The highest BCUT2D eigenvalue weighted by atomic mass is 16.2. The fourth-order valence-electron chi connectivity index (χ4n) is 2.69. The van der Waals surface area contributed by atoms with Gasteiger partial charge in [-0.25, -0.2) is 0 Å². The fraction of sp³-hybridized carbons (Fsp3) is 0.812. The zero-order valence-electron chi connectivity index (χ0n) is 14.4. The van der Waals surface area contributed by atoms with Crippen LogP contribution >= 0.6 is 0 Å². The van der Waals surface area contributed by atoms with Gasteiger partial charge in [0.15, 0.2) is 0 Å². The van der Waals surface area contributed by atoms with Gasteiger partial charge in [-0.2, -0.15) is 0 Å². The van der Waals surface area contributed by atoms with Crippen molar-refractivity contribution in [3.8, 4) is 0 Å². The number of hydrogen-bond donors (Lipinski definition) is 1. The average molecular weight is 311 g/mol. The monoisotopic (exact) mass is 311 g/mol. The normalized spacial score (nSPS) is 18.8. The van der Waals surface area contributed by atoms with Gasteiger partial charge in [0.2, 0.25) is 17.7 Å². The van der Waals surface area contributed by atoms with Gasteiger partial charge in [-0.15, -0.1) is 0 Å². The van der Waals surface area contributed by atoms with Crippen LogP contribution in [0.5, 0.6) is 0 Å². The van der Waals surface area contributed by atoms with E-state index in [-0.39, 0.29) is 35.7 Å². The van der Waals surface area contributed by atoms with Crippen molar-refractivity contribution < 1.29 is 14.4 Å². The van der Waals surface area contributed by atoms with Gasteiger partial charge in [-0.3, -0.25) is 14.4 Å². The maximum atomic E-state index is 12.5. The maximum absolute atomic E-state index is 12.5. The summed E-state index contributed by atoms with van der Waals surface area (Å²) in [5.41, 5.74) is -0.309. The van der Waals surface area contributed by atoms with Crippen LogP contribution in [0, 0.1) is 5.92 Å². The summed E-state index contributed by atoms with van der Waals surface area (Å²) in [4.78, 5) is 39.4. The van der Waals surface area contributed by atoms with Crippen molar-refractivity contribution in [2.24, 2.45) is 5.92 Å². The lowest BCUT2D eigenvalue weighted by atomic mass is 9.96. The van der Waals surface area contributed by atoms with Crippen molar-refractivity contribution in [2.45, 2.75) is 52.5 Å². The molecule has 0 bridgehead atoms. The van der Waals surface area contributed by atoms with Crippen molar-refractivity contribution in [3.63, 3.8) is 0 Å². The van der Waals surface area contributed by atoms with Crippen LogP contribution in [0.1, 0.15) is 47.0 Å². The predicted octanol–water partition coefficient (Wildman–Crippen LogP) is 1.01. The van der Waals surface area contributed by atoms with Crippen LogP contribution in [-0.2, 0) is 14.4 Å². The quantitative estimate of drug-likeness (QED) is 0.842. The number of likely N-dealkylation sites (N-methyl/N-ethyl adjacent to an activating group) is 1. The van der Waals surface area contributed by atoms with E-state index >= 15 is 0 Å². The lowest BCUT2D eigenvalue weighted by Gasteiger charge is -2.34. The van der Waals surface area contributed by atoms with Gasteiger partial charge in [-0.05, 0) is 33.6 Å². The third-order valence-corrected chi connectivity index (χ3v) is 3.70. The van der Waals surface area contributed by atoms with Gasteiger partial charge < -0.3 is 15.1 Å². The summed E-state index contributed by atoms with van der Waals surface area (Å²) >= 11 is 0. The van der Waals surface area contributed by atoms with E-state index in [2.05, 4.69) is 5.32 Å². The Morgan fingerprint density at radius 2 is 1.91 bits per heavy atom. The van der Waals surface area contributed by atoms with Gasteiger partial charge in [0.1, 0.15) is 0 Å². The minimum absolute atomic E-state index is 0.0499. The van der Waals surface area contributed by atoms with E-state index in [1.165, 1.54) is 4.90 Å². The fourth-order valence-corrected chi connectivity index (χ4v) is 2.69. The molecule has 126 valence electrons. The van der Waals surface area contributed by atoms with Crippen LogP contribution in [0.2, 0.25) is 0 Å². The molecule has 0 radical (unpaired) electrons. The van der Waals surface area contributed by atoms with E-state index in [1.807, 2.05) is 27.7 Å². The van der Waals surface area contributed by atoms with E-state index in [4.69, 9.17) is 0 Å². The smallest absolute Gasteiger partial charge is 0.240 e. The number of carbonyl (C=O) groups excluding carboxylic acids is 3. The van der Waals surface area contributed by atoms with E-state index < -0.39 is 0 Å². The summed E-state index contributed by atoms with van der Waals surface area (Å²) in [5.74, 6) is -0.333. The first-order chi connectivity index (χ1) is 10.1. The highest BCUT2D eigenvalue weighted by molar-refractivity contribution is 5.86. The number of hydrogen-bond acceptors (Lipinski definition) is 3. The van der Waals surface area contributed by atoms with Gasteiger partial charge in [0, 0.05) is 32.1 Å². The van der Waals surface area contributed by atoms with E-state index in [1.54, 1.807) is 11.9 Å². The number of likely N-dealkylation sites (tertiary alicyclic amines) is 1. The molecule has 6 heteroatoms. The van der Waals surface area contributed by atoms with Crippen molar-refractivity contribution in [1.82, 2.24) is 15.1 Å². The molecule has 1 unspecified atom stereocenters. The second-order valence-corrected chi connectivity index (χ2v) is 7.02. The molecule has 0 aromatic carbocycles. The van der Waals surface area contributed by atoms with Crippen LogP contribution in [0.4, 0.5) is 0 Å². The maximum Gasteiger partial charge on any atom is 0.240 e. The molecule has 1 aliphatic heterocycles. The first-order valence-electron chi connectivity index (χ1n) is 7.97. The summed E-state index contributed by atoms with van der Waals surface area (Å²) in [7, 11) is 1.64. The molecule has 0 aromatic rings. The summed E-state index contributed by atoms with van der Waals surface area (Å²) in [5, 5.41) is 2.85. The van der Waals surface area contributed by atoms with Crippen LogP contribution in [0.3, 0.4) is 0 Å². The summed E-state index contributed by atoms with van der Waals surface area (Å²) in [6.07, 6.45) is 2.08. The van der Waals surface area contributed by atoms with Crippen LogP contribution in [0.15, 0.2) is 0 Å². The van der Waals surface area contributed by atoms with Gasteiger partial charge >= 0.3 is 0 Å². The largest absolute Gasteiger partial charge is 0.350 e. The minimum atomic E-state index is -0.309.